The van der Waals surface area contributed by atoms with Gasteiger partial charge in [0, 0.05) is 11.8 Å². The van der Waals surface area contributed by atoms with Gasteiger partial charge in [0.25, 0.3) is 0 Å². The normalized spacial score (nSPS) is 9.95. The van der Waals surface area contributed by atoms with Gasteiger partial charge in [0.1, 0.15) is 11.5 Å². The molecule has 0 aliphatic heterocycles. The minimum Gasteiger partial charge on any atom is -0.497 e. The van der Waals surface area contributed by atoms with Gasteiger partial charge in [-0.15, -0.1) is 0 Å². The van der Waals surface area contributed by atoms with Crippen molar-refractivity contribution in [2.75, 3.05) is 24.9 Å². The standard InChI is InChI=1S/C17H20N2O3/c1-4-12-5-7-13(8-6-12)18-17(20)19-15-11-14(21-2)9-10-16(15)22-3/h5-11H,4H2,1-3H3,(H2,18,19,20). The van der Waals surface area contributed by atoms with Crippen LogP contribution in [0, 0.1) is 0 Å². The minimum atomic E-state index is -0.337. The third kappa shape index (κ3) is 3.91. The van der Waals surface area contributed by atoms with Crippen LogP contribution in [0.15, 0.2) is 42.5 Å². The number of anilines is 2. The molecule has 0 bridgehead atoms. The summed E-state index contributed by atoms with van der Waals surface area (Å²) in [6, 6.07) is 12.6. The summed E-state index contributed by atoms with van der Waals surface area (Å²) in [7, 11) is 3.12. The van der Waals surface area contributed by atoms with Crippen molar-refractivity contribution in [2.24, 2.45) is 0 Å². The Morgan fingerprint density at radius 3 is 2.32 bits per heavy atom. The van der Waals surface area contributed by atoms with Crippen LogP contribution in [0.25, 0.3) is 0 Å². The molecule has 2 N–H and O–H groups in total. The van der Waals surface area contributed by atoms with Gasteiger partial charge in [-0.2, -0.15) is 0 Å². The first-order valence-corrected chi connectivity index (χ1v) is 7.05. The number of methoxy groups -OCH3 is 2. The van der Waals surface area contributed by atoms with Crippen molar-refractivity contribution in [2.45, 2.75) is 13.3 Å². The average molecular weight is 300 g/mol. The first kappa shape index (κ1) is 15.7. The van der Waals surface area contributed by atoms with Crippen LogP contribution in [0.5, 0.6) is 11.5 Å². The van der Waals surface area contributed by atoms with Gasteiger partial charge in [0.2, 0.25) is 0 Å². The zero-order valence-corrected chi connectivity index (χ0v) is 13.0. The fourth-order valence-electron chi connectivity index (χ4n) is 2.02. The quantitative estimate of drug-likeness (QED) is 0.880. The van der Waals surface area contributed by atoms with Crippen LogP contribution in [0.4, 0.5) is 16.2 Å². The largest absolute Gasteiger partial charge is 0.497 e. The van der Waals surface area contributed by atoms with Crippen molar-refractivity contribution in [1.82, 2.24) is 0 Å². The highest BCUT2D eigenvalue weighted by Gasteiger charge is 2.09. The lowest BCUT2D eigenvalue weighted by molar-refractivity contribution is 0.262. The molecule has 22 heavy (non-hydrogen) atoms. The number of hydrogen-bond acceptors (Lipinski definition) is 3. The van der Waals surface area contributed by atoms with E-state index in [0.29, 0.717) is 17.2 Å². The Balaban J connectivity index is 2.07. The lowest BCUT2D eigenvalue weighted by Gasteiger charge is -2.12. The fraction of sp³-hybridized carbons (Fsp3) is 0.235. The topological polar surface area (TPSA) is 59.6 Å². The molecule has 116 valence electrons. The molecular formula is C17H20N2O3. The van der Waals surface area contributed by atoms with Gasteiger partial charge in [-0.3, -0.25) is 0 Å². The van der Waals surface area contributed by atoms with E-state index in [1.165, 1.54) is 5.56 Å². The third-order valence-corrected chi connectivity index (χ3v) is 3.27. The summed E-state index contributed by atoms with van der Waals surface area (Å²) in [5.41, 5.74) is 2.50. The molecule has 2 aromatic carbocycles. The minimum absolute atomic E-state index is 0.337. The van der Waals surface area contributed by atoms with Crippen molar-refractivity contribution in [3.05, 3.63) is 48.0 Å². The second kappa shape index (κ2) is 7.36. The molecule has 0 atom stereocenters. The van der Waals surface area contributed by atoms with E-state index < -0.39 is 0 Å². The van der Waals surface area contributed by atoms with E-state index in [1.807, 2.05) is 24.3 Å². The van der Waals surface area contributed by atoms with Crippen LogP contribution in [0.1, 0.15) is 12.5 Å². The van der Waals surface area contributed by atoms with Crippen molar-refractivity contribution < 1.29 is 14.3 Å². The van der Waals surface area contributed by atoms with Crippen LogP contribution >= 0.6 is 0 Å². The lowest BCUT2D eigenvalue weighted by Crippen LogP contribution is -2.19. The summed E-state index contributed by atoms with van der Waals surface area (Å²) in [4.78, 5) is 12.1. The highest BCUT2D eigenvalue weighted by Crippen LogP contribution is 2.29. The summed E-state index contributed by atoms with van der Waals surface area (Å²) >= 11 is 0. The molecular weight excluding hydrogens is 280 g/mol. The maximum Gasteiger partial charge on any atom is 0.323 e. The van der Waals surface area contributed by atoms with Gasteiger partial charge in [0.05, 0.1) is 19.9 Å². The number of nitrogens with one attached hydrogen (secondary N) is 2. The Morgan fingerprint density at radius 2 is 1.73 bits per heavy atom. The second-order valence-corrected chi connectivity index (χ2v) is 4.70. The number of aryl methyl sites for hydroxylation is 1. The number of urea groups is 1. The predicted molar refractivity (Wildman–Crippen MR) is 88.0 cm³/mol. The number of carbonyl (C=O) groups is 1. The Kier molecular flexibility index (Phi) is 5.25. The van der Waals surface area contributed by atoms with Crippen molar-refractivity contribution in [1.29, 1.82) is 0 Å². The third-order valence-electron chi connectivity index (χ3n) is 3.27. The van der Waals surface area contributed by atoms with Crippen LogP contribution in [-0.2, 0) is 6.42 Å². The molecule has 0 heterocycles. The monoisotopic (exact) mass is 300 g/mol. The molecule has 0 saturated heterocycles. The highest BCUT2D eigenvalue weighted by molar-refractivity contribution is 6.00. The number of rotatable bonds is 5. The number of amides is 2. The van der Waals surface area contributed by atoms with E-state index in [1.54, 1.807) is 32.4 Å². The highest BCUT2D eigenvalue weighted by atomic mass is 16.5. The first-order chi connectivity index (χ1) is 10.7. The van der Waals surface area contributed by atoms with Crippen LogP contribution in [-0.4, -0.2) is 20.3 Å². The van der Waals surface area contributed by atoms with E-state index in [0.717, 1.165) is 12.1 Å². The molecule has 2 rings (SSSR count). The zero-order valence-electron chi connectivity index (χ0n) is 13.0. The van der Waals surface area contributed by atoms with Crippen LogP contribution < -0.4 is 20.1 Å². The molecule has 5 heteroatoms. The summed E-state index contributed by atoms with van der Waals surface area (Å²) in [5, 5.41) is 5.54. The summed E-state index contributed by atoms with van der Waals surface area (Å²) in [6.45, 7) is 2.09. The number of ether oxygens (including phenoxy) is 2. The van der Waals surface area contributed by atoms with Gasteiger partial charge in [-0.25, -0.2) is 4.79 Å². The van der Waals surface area contributed by atoms with Crippen molar-refractivity contribution in [3.63, 3.8) is 0 Å². The molecule has 0 spiro atoms. The number of hydrogen-bond donors (Lipinski definition) is 2. The fourth-order valence-corrected chi connectivity index (χ4v) is 2.02. The van der Waals surface area contributed by atoms with E-state index in [4.69, 9.17) is 9.47 Å². The van der Waals surface area contributed by atoms with E-state index in [2.05, 4.69) is 17.6 Å². The SMILES string of the molecule is CCc1ccc(NC(=O)Nc2cc(OC)ccc2OC)cc1. The van der Waals surface area contributed by atoms with Gasteiger partial charge < -0.3 is 20.1 Å². The summed E-state index contributed by atoms with van der Waals surface area (Å²) < 4.78 is 10.4. The Labute approximate surface area is 130 Å². The lowest BCUT2D eigenvalue weighted by atomic mass is 10.1. The molecule has 0 aliphatic rings. The van der Waals surface area contributed by atoms with E-state index in [9.17, 15) is 4.79 Å². The van der Waals surface area contributed by atoms with E-state index in [-0.39, 0.29) is 6.03 Å². The molecule has 0 fully saturated rings. The van der Waals surface area contributed by atoms with Gasteiger partial charge >= 0.3 is 6.03 Å². The Morgan fingerprint density at radius 1 is 1.00 bits per heavy atom. The maximum atomic E-state index is 12.1. The predicted octanol–water partition coefficient (Wildman–Crippen LogP) is 3.91. The van der Waals surface area contributed by atoms with E-state index >= 15 is 0 Å². The molecule has 0 radical (unpaired) electrons. The molecule has 0 aromatic heterocycles. The summed E-state index contributed by atoms with van der Waals surface area (Å²) in [6.07, 6.45) is 0.966. The van der Waals surface area contributed by atoms with Crippen molar-refractivity contribution >= 4 is 17.4 Å². The van der Waals surface area contributed by atoms with Gasteiger partial charge in [-0.1, -0.05) is 19.1 Å². The van der Waals surface area contributed by atoms with Gasteiger partial charge in [-0.05, 0) is 36.2 Å². The summed E-state index contributed by atoms with van der Waals surface area (Å²) in [5.74, 6) is 1.21. The van der Waals surface area contributed by atoms with Crippen molar-refractivity contribution in [3.8, 4) is 11.5 Å². The second-order valence-electron chi connectivity index (χ2n) is 4.70. The number of carbonyl (C=O) groups excluding carboxylic acids is 1. The van der Waals surface area contributed by atoms with Crippen LogP contribution in [0.3, 0.4) is 0 Å². The Hall–Kier alpha value is -2.69. The molecule has 0 saturated carbocycles. The van der Waals surface area contributed by atoms with Gasteiger partial charge in [0.15, 0.2) is 0 Å². The average Bonchev–Trinajstić information content (AvgIpc) is 2.55. The number of benzene rings is 2. The Bertz CT molecular complexity index is 639. The molecule has 0 aliphatic carbocycles. The molecule has 0 unspecified atom stereocenters. The first-order valence-electron chi connectivity index (χ1n) is 7.05. The molecule has 2 aromatic rings. The zero-order chi connectivity index (χ0) is 15.9. The smallest absolute Gasteiger partial charge is 0.323 e. The van der Waals surface area contributed by atoms with Crippen LogP contribution in [0.2, 0.25) is 0 Å². The molecule has 2 amide bonds. The molecule has 5 nitrogen and oxygen atoms in total. The maximum absolute atomic E-state index is 12.1.